The van der Waals surface area contributed by atoms with Crippen molar-refractivity contribution in [3.63, 3.8) is 0 Å². The SMILES string of the molecule is CCC(CC)(CNC(=O)N1CCC(C(=O)O)CC1)c1ccc(Cl)cc1. The molecule has 138 valence electrons. The van der Waals surface area contributed by atoms with E-state index in [0.717, 1.165) is 12.8 Å². The first-order valence-corrected chi connectivity index (χ1v) is 9.31. The molecule has 1 aromatic rings. The van der Waals surface area contributed by atoms with Gasteiger partial charge in [0.15, 0.2) is 0 Å². The summed E-state index contributed by atoms with van der Waals surface area (Å²) in [6.07, 6.45) is 2.86. The van der Waals surface area contributed by atoms with Gasteiger partial charge in [0.25, 0.3) is 0 Å². The summed E-state index contributed by atoms with van der Waals surface area (Å²) in [7, 11) is 0. The summed E-state index contributed by atoms with van der Waals surface area (Å²) >= 11 is 5.99. The fourth-order valence-corrected chi connectivity index (χ4v) is 3.63. The van der Waals surface area contributed by atoms with Crippen molar-refractivity contribution in [1.29, 1.82) is 0 Å². The van der Waals surface area contributed by atoms with Gasteiger partial charge in [-0.3, -0.25) is 4.79 Å². The Bertz CT molecular complexity index is 591. The summed E-state index contributed by atoms with van der Waals surface area (Å²) in [6, 6.07) is 7.72. The number of nitrogens with zero attached hydrogens (tertiary/aromatic N) is 1. The van der Waals surface area contributed by atoms with Crippen molar-refractivity contribution in [2.24, 2.45) is 5.92 Å². The Morgan fingerprint density at radius 3 is 2.24 bits per heavy atom. The third-order valence-corrected chi connectivity index (χ3v) is 5.77. The molecule has 0 aliphatic carbocycles. The summed E-state index contributed by atoms with van der Waals surface area (Å²) in [5, 5.41) is 12.8. The van der Waals surface area contributed by atoms with Gasteiger partial charge in [0.2, 0.25) is 0 Å². The standard InChI is InChI=1S/C19H27ClN2O3/c1-3-19(4-2,15-5-7-16(20)8-6-15)13-21-18(25)22-11-9-14(10-12-22)17(23)24/h5-8,14H,3-4,9-13H2,1-2H3,(H,21,25)(H,23,24). The Hall–Kier alpha value is -1.75. The number of hydrogen-bond donors (Lipinski definition) is 2. The molecule has 1 aromatic carbocycles. The molecule has 6 heteroatoms. The van der Waals surface area contributed by atoms with Crippen LogP contribution in [0.5, 0.6) is 0 Å². The highest BCUT2D eigenvalue weighted by atomic mass is 35.5. The van der Waals surface area contributed by atoms with Crippen LogP contribution in [-0.4, -0.2) is 41.6 Å². The summed E-state index contributed by atoms with van der Waals surface area (Å²) in [5.74, 6) is -1.10. The largest absolute Gasteiger partial charge is 0.481 e. The Balaban J connectivity index is 1.98. The van der Waals surface area contributed by atoms with Crippen molar-refractivity contribution in [2.75, 3.05) is 19.6 Å². The fraction of sp³-hybridized carbons (Fsp3) is 0.579. The quantitative estimate of drug-likeness (QED) is 0.802. The zero-order valence-electron chi connectivity index (χ0n) is 14.9. The van der Waals surface area contributed by atoms with Gasteiger partial charge in [0.05, 0.1) is 5.92 Å². The second kappa shape index (κ2) is 8.56. The van der Waals surface area contributed by atoms with E-state index in [-0.39, 0.29) is 17.4 Å². The molecule has 0 aromatic heterocycles. The molecule has 0 atom stereocenters. The summed E-state index contributed by atoms with van der Waals surface area (Å²) < 4.78 is 0. The minimum absolute atomic E-state index is 0.107. The number of benzene rings is 1. The molecule has 5 nitrogen and oxygen atoms in total. The minimum Gasteiger partial charge on any atom is -0.481 e. The normalized spacial score (nSPS) is 15.9. The van der Waals surface area contributed by atoms with E-state index in [0.29, 0.717) is 37.5 Å². The number of rotatable bonds is 6. The minimum atomic E-state index is -0.765. The number of piperidine rings is 1. The topological polar surface area (TPSA) is 69.6 Å². The molecule has 0 spiro atoms. The molecule has 0 radical (unpaired) electrons. The number of urea groups is 1. The van der Waals surface area contributed by atoms with Crippen LogP contribution in [0.15, 0.2) is 24.3 Å². The van der Waals surface area contributed by atoms with E-state index in [1.807, 2.05) is 24.3 Å². The van der Waals surface area contributed by atoms with E-state index in [1.54, 1.807) is 4.90 Å². The van der Waals surface area contributed by atoms with Crippen LogP contribution in [0.2, 0.25) is 5.02 Å². The van der Waals surface area contributed by atoms with Crippen LogP contribution < -0.4 is 5.32 Å². The van der Waals surface area contributed by atoms with Crippen LogP contribution in [-0.2, 0) is 10.2 Å². The molecule has 25 heavy (non-hydrogen) atoms. The Morgan fingerprint density at radius 2 is 1.76 bits per heavy atom. The lowest BCUT2D eigenvalue weighted by Gasteiger charge is -2.35. The highest BCUT2D eigenvalue weighted by Crippen LogP contribution is 2.32. The molecule has 0 saturated carbocycles. The van der Waals surface area contributed by atoms with E-state index in [4.69, 9.17) is 16.7 Å². The highest BCUT2D eigenvalue weighted by molar-refractivity contribution is 6.30. The molecule has 1 heterocycles. The first-order valence-electron chi connectivity index (χ1n) is 8.93. The average molecular weight is 367 g/mol. The van der Waals surface area contributed by atoms with Gasteiger partial charge in [-0.15, -0.1) is 0 Å². The third-order valence-electron chi connectivity index (χ3n) is 5.52. The first kappa shape index (κ1) is 19.6. The van der Waals surface area contributed by atoms with Crippen LogP contribution in [0.1, 0.15) is 45.1 Å². The molecular formula is C19H27ClN2O3. The number of nitrogens with one attached hydrogen (secondary N) is 1. The molecule has 2 amide bonds. The smallest absolute Gasteiger partial charge is 0.317 e. The fourth-order valence-electron chi connectivity index (χ4n) is 3.50. The summed E-state index contributed by atoms with van der Waals surface area (Å²) in [5.41, 5.74) is 1.05. The van der Waals surface area contributed by atoms with Crippen molar-refractivity contribution in [3.05, 3.63) is 34.9 Å². The molecule has 1 fully saturated rings. The second-order valence-electron chi connectivity index (χ2n) is 6.75. The zero-order chi connectivity index (χ0) is 18.4. The lowest BCUT2D eigenvalue weighted by Crippen LogP contribution is -2.49. The lowest BCUT2D eigenvalue weighted by atomic mass is 9.76. The molecule has 1 aliphatic rings. The van der Waals surface area contributed by atoms with Crippen molar-refractivity contribution >= 4 is 23.6 Å². The van der Waals surface area contributed by atoms with Gasteiger partial charge < -0.3 is 15.3 Å². The molecule has 1 saturated heterocycles. The lowest BCUT2D eigenvalue weighted by molar-refractivity contribution is -0.143. The number of amides is 2. The first-order chi connectivity index (χ1) is 11.9. The molecule has 0 bridgehead atoms. The summed E-state index contributed by atoms with van der Waals surface area (Å²) in [4.78, 5) is 25.2. The maximum Gasteiger partial charge on any atom is 0.317 e. The number of hydrogen-bond acceptors (Lipinski definition) is 2. The van der Waals surface area contributed by atoms with E-state index in [1.165, 1.54) is 5.56 Å². The van der Waals surface area contributed by atoms with Gasteiger partial charge in [0.1, 0.15) is 0 Å². The Morgan fingerprint density at radius 1 is 1.20 bits per heavy atom. The van der Waals surface area contributed by atoms with Crippen LogP contribution in [0.4, 0.5) is 4.79 Å². The molecule has 2 rings (SSSR count). The number of carboxylic acid groups (broad SMARTS) is 1. The highest BCUT2D eigenvalue weighted by Gasteiger charge is 2.31. The maximum atomic E-state index is 12.5. The number of carbonyl (C=O) groups is 2. The number of halogens is 1. The van der Waals surface area contributed by atoms with Gasteiger partial charge in [-0.25, -0.2) is 4.79 Å². The van der Waals surface area contributed by atoms with Gasteiger partial charge >= 0.3 is 12.0 Å². The molecule has 0 unspecified atom stereocenters. The van der Waals surface area contributed by atoms with Crippen molar-refractivity contribution < 1.29 is 14.7 Å². The van der Waals surface area contributed by atoms with Gasteiger partial charge in [-0.2, -0.15) is 0 Å². The van der Waals surface area contributed by atoms with E-state index in [2.05, 4.69) is 19.2 Å². The van der Waals surface area contributed by atoms with E-state index < -0.39 is 5.97 Å². The van der Waals surface area contributed by atoms with Gasteiger partial charge in [-0.05, 0) is 43.4 Å². The number of aliphatic carboxylic acids is 1. The Kier molecular flexibility index (Phi) is 6.71. The zero-order valence-corrected chi connectivity index (χ0v) is 15.7. The number of carbonyl (C=O) groups excluding carboxylic acids is 1. The van der Waals surface area contributed by atoms with Crippen LogP contribution in [0.3, 0.4) is 0 Å². The Labute approximate surface area is 154 Å². The van der Waals surface area contributed by atoms with Crippen molar-refractivity contribution in [3.8, 4) is 0 Å². The van der Waals surface area contributed by atoms with Gasteiger partial charge in [-0.1, -0.05) is 37.6 Å². The van der Waals surface area contributed by atoms with Crippen molar-refractivity contribution in [2.45, 2.75) is 44.9 Å². The van der Waals surface area contributed by atoms with E-state index >= 15 is 0 Å². The summed E-state index contributed by atoms with van der Waals surface area (Å²) in [6.45, 7) is 5.80. The molecule has 1 aliphatic heterocycles. The third kappa shape index (κ3) is 4.66. The average Bonchev–Trinajstić information content (AvgIpc) is 2.64. The molecule has 2 N–H and O–H groups in total. The maximum absolute atomic E-state index is 12.5. The van der Waals surface area contributed by atoms with E-state index in [9.17, 15) is 9.59 Å². The number of likely N-dealkylation sites (tertiary alicyclic amines) is 1. The van der Waals surface area contributed by atoms with Crippen LogP contribution >= 0.6 is 11.6 Å². The van der Waals surface area contributed by atoms with Crippen LogP contribution in [0.25, 0.3) is 0 Å². The molecular weight excluding hydrogens is 340 g/mol. The monoisotopic (exact) mass is 366 g/mol. The second-order valence-corrected chi connectivity index (χ2v) is 7.19. The predicted octanol–water partition coefficient (Wildman–Crippen LogP) is 3.90. The number of carboxylic acids is 1. The predicted molar refractivity (Wildman–Crippen MR) is 99.0 cm³/mol. The van der Waals surface area contributed by atoms with Crippen LogP contribution in [0, 0.1) is 5.92 Å². The van der Waals surface area contributed by atoms with Crippen molar-refractivity contribution in [1.82, 2.24) is 10.2 Å². The van der Waals surface area contributed by atoms with Gasteiger partial charge in [0, 0.05) is 30.1 Å².